The van der Waals surface area contributed by atoms with E-state index in [-0.39, 0.29) is 6.10 Å². The molecule has 0 aliphatic heterocycles. The normalized spacial score (nSPS) is 25.1. The molecule has 2 aromatic carbocycles. The Bertz CT molecular complexity index is 787. The number of hydrogen-bond acceptors (Lipinski definition) is 3. The number of para-hydroxylation sites is 1. The Morgan fingerprint density at radius 3 is 2.33 bits per heavy atom. The Morgan fingerprint density at radius 1 is 1.00 bits per heavy atom. The van der Waals surface area contributed by atoms with Gasteiger partial charge in [-0.2, -0.15) is 0 Å². The quantitative estimate of drug-likeness (QED) is 0.541. The van der Waals surface area contributed by atoms with Crippen LogP contribution in [-0.2, 0) is 9.09 Å². The van der Waals surface area contributed by atoms with Crippen molar-refractivity contribution in [1.29, 1.82) is 0 Å². The van der Waals surface area contributed by atoms with E-state index in [0.29, 0.717) is 28.8 Å². The lowest BCUT2D eigenvalue weighted by Crippen LogP contribution is -2.35. The number of hydrogen-bond donors (Lipinski definition) is 0. The van der Waals surface area contributed by atoms with E-state index in [4.69, 9.17) is 9.05 Å². The zero-order chi connectivity index (χ0) is 19.4. The summed E-state index contributed by atoms with van der Waals surface area (Å²) in [6, 6.07) is 17.0. The van der Waals surface area contributed by atoms with E-state index in [2.05, 4.69) is 20.8 Å². The lowest BCUT2D eigenvalue weighted by atomic mass is 9.75. The minimum atomic E-state index is -3.49. The van der Waals surface area contributed by atoms with Crippen LogP contribution in [0.1, 0.15) is 45.6 Å². The number of rotatable bonds is 6. The molecule has 1 saturated carbocycles. The molecule has 0 saturated heterocycles. The van der Waals surface area contributed by atoms with Crippen molar-refractivity contribution in [2.45, 2.75) is 53.1 Å². The summed E-state index contributed by atoms with van der Waals surface area (Å²) in [4.78, 5) is 0. The molecule has 0 radical (unpaired) electrons. The molecule has 4 heteroatoms. The number of benzene rings is 2. The molecule has 0 spiro atoms. The van der Waals surface area contributed by atoms with Crippen LogP contribution in [0.2, 0.25) is 0 Å². The minimum absolute atomic E-state index is 0.0520. The fraction of sp³-hybridized carbons (Fsp3) is 0.478. The van der Waals surface area contributed by atoms with Gasteiger partial charge < -0.3 is 4.52 Å². The standard InChI is InChI=1S/C23H31O3P/c1-17(2)21-15-14-18(3)16-23(21)26-27(24,20-11-6-5-7-12-20)25-22-13-9-8-10-19(22)4/h5-13,17-18,21,23H,14-16H2,1-4H3/t18-,21+,23-,27+/m1/s1. The molecule has 0 heterocycles. The molecule has 1 aliphatic rings. The molecule has 4 atom stereocenters. The van der Waals surface area contributed by atoms with Gasteiger partial charge in [0.2, 0.25) is 0 Å². The summed E-state index contributed by atoms with van der Waals surface area (Å²) in [6.45, 7) is 8.67. The highest BCUT2D eigenvalue weighted by molar-refractivity contribution is 7.62. The van der Waals surface area contributed by atoms with E-state index in [1.807, 2.05) is 61.5 Å². The Morgan fingerprint density at radius 2 is 1.67 bits per heavy atom. The zero-order valence-corrected chi connectivity index (χ0v) is 17.7. The van der Waals surface area contributed by atoms with Crippen molar-refractivity contribution in [3.63, 3.8) is 0 Å². The second-order valence-electron chi connectivity index (χ2n) is 8.16. The first kappa shape index (κ1) is 20.2. The predicted molar refractivity (Wildman–Crippen MR) is 112 cm³/mol. The summed E-state index contributed by atoms with van der Waals surface area (Å²) >= 11 is 0. The monoisotopic (exact) mass is 386 g/mol. The van der Waals surface area contributed by atoms with Gasteiger partial charge in [0, 0.05) is 0 Å². The van der Waals surface area contributed by atoms with Gasteiger partial charge in [-0.25, -0.2) is 4.57 Å². The average molecular weight is 386 g/mol. The molecule has 0 N–H and O–H groups in total. The molecule has 1 fully saturated rings. The Hall–Kier alpha value is -1.57. The fourth-order valence-corrected chi connectivity index (χ4v) is 5.82. The maximum atomic E-state index is 14.0. The Kier molecular flexibility index (Phi) is 6.44. The van der Waals surface area contributed by atoms with Crippen LogP contribution in [0.25, 0.3) is 0 Å². The van der Waals surface area contributed by atoms with Crippen molar-refractivity contribution in [3.05, 3.63) is 60.2 Å². The first-order chi connectivity index (χ1) is 12.9. The molecule has 0 bridgehead atoms. The van der Waals surface area contributed by atoms with Crippen LogP contribution in [0.3, 0.4) is 0 Å². The first-order valence-corrected chi connectivity index (χ1v) is 11.5. The second kappa shape index (κ2) is 8.63. The molecule has 2 aromatic rings. The Balaban J connectivity index is 1.95. The lowest BCUT2D eigenvalue weighted by Gasteiger charge is -2.38. The van der Waals surface area contributed by atoms with E-state index in [1.165, 1.54) is 6.42 Å². The third-order valence-electron chi connectivity index (χ3n) is 5.62. The van der Waals surface area contributed by atoms with Crippen LogP contribution < -0.4 is 9.83 Å². The van der Waals surface area contributed by atoms with Gasteiger partial charge in [-0.1, -0.05) is 63.6 Å². The molecular formula is C23H31O3P. The maximum absolute atomic E-state index is 14.0. The molecule has 0 aromatic heterocycles. The van der Waals surface area contributed by atoms with Gasteiger partial charge in [-0.3, -0.25) is 4.52 Å². The average Bonchev–Trinajstić information content (AvgIpc) is 2.64. The van der Waals surface area contributed by atoms with Crippen molar-refractivity contribution in [2.24, 2.45) is 17.8 Å². The maximum Gasteiger partial charge on any atom is 0.411 e. The van der Waals surface area contributed by atoms with Gasteiger partial charge >= 0.3 is 7.60 Å². The van der Waals surface area contributed by atoms with E-state index in [1.54, 1.807) is 0 Å². The highest BCUT2D eigenvalue weighted by atomic mass is 31.2. The molecule has 3 nitrogen and oxygen atoms in total. The minimum Gasteiger partial charge on any atom is -0.421 e. The van der Waals surface area contributed by atoms with Crippen molar-refractivity contribution in [3.8, 4) is 5.75 Å². The van der Waals surface area contributed by atoms with Crippen LogP contribution in [0, 0.1) is 24.7 Å². The van der Waals surface area contributed by atoms with Crippen molar-refractivity contribution >= 4 is 12.9 Å². The lowest BCUT2D eigenvalue weighted by molar-refractivity contribution is 0.0414. The molecule has 0 unspecified atom stereocenters. The van der Waals surface area contributed by atoms with Crippen LogP contribution in [0.5, 0.6) is 5.75 Å². The zero-order valence-electron chi connectivity index (χ0n) is 16.8. The van der Waals surface area contributed by atoms with Crippen LogP contribution >= 0.6 is 7.60 Å². The molecule has 146 valence electrons. The first-order valence-electron chi connectivity index (χ1n) is 9.98. The van der Waals surface area contributed by atoms with Gasteiger partial charge in [-0.05, 0) is 61.3 Å². The van der Waals surface area contributed by atoms with Crippen LogP contribution in [-0.4, -0.2) is 6.10 Å². The summed E-state index contributed by atoms with van der Waals surface area (Å²) in [5.41, 5.74) is 0.953. The summed E-state index contributed by atoms with van der Waals surface area (Å²) in [7, 11) is -3.49. The molecule has 0 amide bonds. The highest BCUT2D eigenvalue weighted by Crippen LogP contribution is 2.52. The van der Waals surface area contributed by atoms with E-state index in [9.17, 15) is 4.57 Å². The third kappa shape index (κ3) is 4.83. The highest BCUT2D eigenvalue weighted by Gasteiger charge is 2.39. The van der Waals surface area contributed by atoms with E-state index >= 15 is 0 Å². The summed E-state index contributed by atoms with van der Waals surface area (Å²) < 4.78 is 26.6. The topological polar surface area (TPSA) is 35.5 Å². The smallest absolute Gasteiger partial charge is 0.411 e. The fourth-order valence-electron chi connectivity index (χ4n) is 3.95. The molecule has 3 rings (SSSR count). The van der Waals surface area contributed by atoms with Gasteiger partial charge in [-0.15, -0.1) is 0 Å². The number of aryl methyl sites for hydroxylation is 1. The van der Waals surface area contributed by atoms with Crippen LogP contribution in [0.4, 0.5) is 0 Å². The summed E-state index contributed by atoms with van der Waals surface area (Å²) in [5, 5.41) is 0.619. The Labute approximate surface area is 163 Å². The van der Waals surface area contributed by atoms with Gasteiger partial charge in [0.05, 0.1) is 11.4 Å². The third-order valence-corrected chi connectivity index (χ3v) is 7.54. The van der Waals surface area contributed by atoms with Crippen molar-refractivity contribution in [2.75, 3.05) is 0 Å². The molecule has 1 aliphatic carbocycles. The predicted octanol–water partition coefficient (Wildman–Crippen LogP) is 6.37. The van der Waals surface area contributed by atoms with Gasteiger partial charge in [0.25, 0.3) is 0 Å². The van der Waals surface area contributed by atoms with Crippen molar-refractivity contribution < 1.29 is 13.6 Å². The van der Waals surface area contributed by atoms with E-state index < -0.39 is 7.60 Å². The molecular weight excluding hydrogens is 355 g/mol. The van der Waals surface area contributed by atoms with E-state index in [0.717, 1.165) is 18.4 Å². The van der Waals surface area contributed by atoms with Crippen LogP contribution in [0.15, 0.2) is 54.6 Å². The van der Waals surface area contributed by atoms with Gasteiger partial charge in [0.1, 0.15) is 5.75 Å². The van der Waals surface area contributed by atoms with Crippen molar-refractivity contribution in [1.82, 2.24) is 0 Å². The largest absolute Gasteiger partial charge is 0.421 e. The summed E-state index contributed by atoms with van der Waals surface area (Å²) in [6.07, 6.45) is 3.19. The SMILES string of the molecule is Cc1ccccc1O[P@](=O)(O[C@@H]1C[C@H](C)CC[C@H]1C(C)C)c1ccccc1. The summed E-state index contributed by atoms with van der Waals surface area (Å²) in [5.74, 6) is 2.09. The molecule has 27 heavy (non-hydrogen) atoms. The second-order valence-corrected chi connectivity index (χ2v) is 10.1. The van der Waals surface area contributed by atoms with Gasteiger partial charge in [0.15, 0.2) is 0 Å².